The fraction of sp³-hybridized carbons (Fsp3) is 0.538. The summed E-state index contributed by atoms with van der Waals surface area (Å²) >= 11 is 0. The molecule has 20 heavy (non-hydrogen) atoms. The number of hydrogen-bond donors (Lipinski definition) is 1. The minimum absolute atomic E-state index is 0. The van der Waals surface area contributed by atoms with Crippen LogP contribution in [0.2, 0.25) is 0 Å². The highest BCUT2D eigenvalue weighted by atomic mass is 35.5. The van der Waals surface area contributed by atoms with E-state index in [2.05, 4.69) is 0 Å². The summed E-state index contributed by atoms with van der Waals surface area (Å²) in [6, 6.07) is 4.26. The smallest absolute Gasteiger partial charge is 0.389 e. The molecule has 0 fully saturated rings. The lowest BCUT2D eigenvalue weighted by atomic mass is 10.0. The second-order valence-electron chi connectivity index (χ2n) is 4.10. The third-order valence-corrected chi connectivity index (χ3v) is 2.65. The molecule has 0 radical (unpaired) electrons. The average molecular weight is 314 g/mol. The van der Waals surface area contributed by atoms with E-state index in [4.69, 9.17) is 15.2 Å². The van der Waals surface area contributed by atoms with Crippen molar-refractivity contribution < 1.29 is 22.6 Å². The molecule has 7 heteroatoms. The molecule has 3 nitrogen and oxygen atoms in total. The van der Waals surface area contributed by atoms with Gasteiger partial charge in [-0.25, -0.2) is 0 Å². The lowest BCUT2D eigenvalue weighted by Crippen LogP contribution is -2.16. The number of nitrogens with two attached hydrogens (primary N) is 1. The molecule has 2 N–H and O–H groups in total. The van der Waals surface area contributed by atoms with E-state index in [1.807, 2.05) is 6.92 Å². The average Bonchev–Trinajstić information content (AvgIpc) is 2.35. The molecule has 1 aromatic rings. The van der Waals surface area contributed by atoms with Crippen molar-refractivity contribution in [2.45, 2.75) is 32.0 Å². The molecule has 0 aromatic heterocycles. The Morgan fingerprint density at radius 1 is 1.25 bits per heavy atom. The first-order chi connectivity index (χ1) is 8.87. The fourth-order valence-electron chi connectivity index (χ4n) is 1.68. The molecule has 0 bridgehead atoms. The van der Waals surface area contributed by atoms with E-state index in [-0.39, 0.29) is 18.8 Å². The van der Waals surface area contributed by atoms with Gasteiger partial charge in [-0.2, -0.15) is 13.2 Å². The summed E-state index contributed by atoms with van der Waals surface area (Å²) in [7, 11) is 1.50. The molecule has 0 aliphatic carbocycles. The Balaban J connectivity index is 0.00000361. The van der Waals surface area contributed by atoms with E-state index in [1.54, 1.807) is 18.2 Å². The monoisotopic (exact) mass is 313 g/mol. The fourth-order valence-corrected chi connectivity index (χ4v) is 1.68. The van der Waals surface area contributed by atoms with Crippen LogP contribution in [0.3, 0.4) is 0 Å². The highest BCUT2D eigenvalue weighted by Crippen LogP contribution is 2.32. The maximum Gasteiger partial charge on any atom is 0.389 e. The van der Waals surface area contributed by atoms with Crippen molar-refractivity contribution in [2.24, 2.45) is 5.73 Å². The van der Waals surface area contributed by atoms with E-state index >= 15 is 0 Å². The molecule has 0 amide bonds. The minimum atomic E-state index is -4.19. The quantitative estimate of drug-likeness (QED) is 0.867. The molecule has 1 aromatic carbocycles. The zero-order valence-electron chi connectivity index (χ0n) is 11.4. The third kappa shape index (κ3) is 5.88. The van der Waals surface area contributed by atoms with Gasteiger partial charge in [-0.1, -0.05) is 6.07 Å². The summed E-state index contributed by atoms with van der Waals surface area (Å²) in [5.74, 6) is 1.03. The van der Waals surface area contributed by atoms with Gasteiger partial charge in [0.1, 0.15) is 0 Å². The van der Waals surface area contributed by atoms with Crippen LogP contribution in [0.15, 0.2) is 18.2 Å². The molecule has 1 atom stereocenters. The first-order valence-electron chi connectivity index (χ1n) is 6.00. The van der Waals surface area contributed by atoms with Gasteiger partial charge in [0.25, 0.3) is 0 Å². The Hall–Kier alpha value is -1.14. The van der Waals surface area contributed by atoms with Crippen LogP contribution < -0.4 is 15.2 Å². The van der Waals surface area contributed by atoms with Crippen LogP contribution in [-0.4, -0.2) is 19.9 Å². The third-order valence-electron chi connectivity index (χ3n) is 2.65. The highest BCUT2D eigenvalue weighted by molar-refractivity contribution is 5.85. The maximum absolute atomic E-state index is 12.2. The number of hydrogen-bond acceptors (Lipinski definition) is 3. The molecule has 116 valence electrons. The molecule has 0 spiro atoms. The van der Waals surface area contributed by atoms with E-state index in [1.165, 1.54) is 7.11 Å². The maximum atomic E-state index is 12.2. The SMILES string of the molecule is CCOc1cc([C@@H](N)CCC(F)(F)F)ccc1OC.Cl. The van der Waals surface area contributed by atoms with Gasteiger partial charge >= 0.3 is 6.18 Å². The van der Waals surface area contributed by atoms with Crippen LogP contribution in [0.5, 0.6) is 11.5 Å². The van der Waals surface area contributed by atoms with E-state index in [0.717, 1.165) is 0 Å². The number of methoxy groups -OCH3 is 1. The van der Waals surface area contributed by atoms with Crippen molar-refractivity contribution in [1.29, 1.82) is 0 Å². The van der Waals surface area contributed by atoms with Gasteiger partial charge in [-0.3, -0.25) is 0 Å². The number of benzene rings is 1. The normalized spacial score (nSPS) is 12.5. The van der Waals surface area contributed by atoms with E-state index < -0.39 is 18.6 Å². The van der Waals surface area contributed by atoms with Crippen LogP contribution >= 0.6 is 12.4 Å². The van der Waals surface area contributed by atoms with Crippen molar-refractivity contribution >= 4 is 12.4 Å². The first-order valence-corrected chi connectivity index (χ1v) is 6.00. The molecule has 1 rings (SSSR count). The molecule has 0 saturated carbocycles. The van der Waals surface area contributed by atoms with Crippen LogP contribution in [0, 0.1) is 0 Å². The van der Waals surface area contributed by atoms with Crippen molar-refractivity contribution in [1.82, 2.24) is 0 Å². The molecule has 0 aliphatic rings. The first kappa shape index (κ1) is 18.9. The van der Waals surface area contributed by atoms with Gasteiger partial charge in [0.2, 0.25) is 0 Å². The lowest BCUT2D eigenvalue weighted by Gasteiger charge is -2.16. The zero-order chi connectivity index (χ0) is 14.5. The van der Waals surface area contributed by atoms with Gasteiger partial charge in [0.05, 0.1) is 13.7 Å². The van der Waals surface area contributed by atoms with E-state index in [0.29, 0.717) is 23.7 Å². The Labute approximate surface area is 122 Å². The molecule has 0 unspecified atom stereocenters. The van der Waals surface area contributed by atoms with Crippen molar-refractivity contribution in [3.05, 3.63) is 23.8 Å². The van der Waals surface area contributed by atoms with Gasteiger partial charge < -0.3 is 15.2 Å². The minimum Gasteiger partial charge on any atom is -0.493 e. The Bertz CT molecular complexity index is 413. The highest BCUT2D eigenvalue weighted by Gasteiger charge is 2.28. The van der Waals surface area contributed by atoms with Crippen LogP contribution in [0.1, 0.15) is 31.4 Å². The van der Waals surface area contributed by atoms with E-state index in [9.17, 15) is 13.2 Å². The number of ether oxygens (including phenoxy) is 2. The second kappa shape index (κ2) is 8.21. The molecule has 0 heterocycles. The van der Waals surface area contributed by atoms with Crippen LogP contribution in [0.4, 0.5) is 13.2 Å². The zero-order valence-corrected chi connectivity index (χ0v) is 12.2. The largest absolute Gasteiger partial charge is 0.493 e. The molecule has 0 aliphatic heterocycles. The summed E-state index contributed by atoms with van der Waals surface area (Å²) in [4.78, 5) is 0. The van der Waals surface area contributed by atoms with Gasteiger partial charge in [-0.15, -0.1) is 12.4 Å². The number of rotatable bonds is 6. The van der Waals surface area contributed by atoms with Crippen molar-refractivity contribution in [3.63, 3.8) is 0 Å². The topological polar surface area (TPSA) is 44.5 Å². The van der Waals surface area contributed by atoms with Gasteiger partial charge in [0, 0.05) is 12.5 Å². The van der Waals surface area contributed by atoms with Crippen LogP contribution in [-0.2, 0) is 0 Å². The summed E-state index contributed by atoms with van der Waals surface area (Å²) in [6.45, 7) is 2.26. The Morgan fingerprint density at radius 3 is 2.40 bits per heavy atom. The summed E-state index contributed by atoms with van der Waals surface area (Å²) in [6.07, 6.45) is -5.24. The number of halogens is 4. The predicted octanol–water partition coefficient (Wildman–Crippen LogP) is 3.86. The lowest BCUT2D eigenvalue weighted by molar-refractivity contribution is -0.136. The molecule has 0 saturated heterocycles. The van der Waals surface area contributed by atoms with Crippen molar-refractivity contribution in [2.75, 3.05) is 13.7 Å². The Morgan fingerprint density at radius 2 is 1.90 bits per heavy atom. The summed E-state index contributed by atoms with van der Waals surface area (Å²) in [5, 5.41) is 0. The summed E-state index contributed by atoms with van der Waals surface area (Å²) < 4.78 is 46.9. The number of alkyl halides is 3. The standard InChI is InChI=1S/C13H18F3NO2.ClH/c1-3-19-12-8-9(4-5-11(12)18-2)10(17)6-7-13(14,15)16;/h4-5,8,10H,3,6-7,17H2,1-2H3;1H/t10-;/m0./s1. The second-order valence-corrected chi connectivity index (χ2v) is 4.10. The molecular weight excluding hydrogens is 295 g/mol. The van der Waals surface area contributed by atoms with Crippen LogP contribution in [0.25, 0.3) is 0 Å². The van der Waals surface area contributed by atoms with Gasteiger partial charge in [0.15, 0.2) is 11.5 Å². The predicted molar refractivity (Wildman–Crippen MR) is 73.6 cm³/mol. The van der Waals surface area contributed by atoms with Gasteiger partial charge in [-0.05, 0) is 31.0 Å². The van der Waals surface area contributed by atoms with Crippen molar-refractivity contribution in [3.8, 4) is 11.5 Å². The Kier molecular flexibility index (Phi) is 7.75. The summed E-state index contributed by atoms with van der Waals surface area (Å²) in [5.41, 5.74) is 6.37. The molecular formula is C13H19ClF3NO2.